The minimum Gasteiger partial charge on any atom is -0.381 e. The van der Waals surface area contributed by atoms with Gasteiger partial charge in [0.05, 0.1) is 11.9 Å². The number of aromatic nitrogens is 3. The van der Waals surface area contributed by atoms with Crippen molar-refractivity contribution in [3.8, 4) is 0 Å². The Hall–Kier alpha value is -0.740. The van der Waals surface area contributed by atoms with Crippen LogP contribution in [0.2, 0.25) is 5.28 Å². The van der Waals surface area contributed by atoms with E-state index in [4.69, 9.17) is 16.3 Å². The van der Waals surface area contributed by atoms with Gasteiger partial charge in [0.25, 0.3) is 0 Å². The van der Waals surface area contributed by atoms with Gasteiger partial charge in [-0.05, 0) is 24.4 Å². The molecule has 0 N–H and O–H groups in total. The van der Waals surface area contributed by atoms with Gasteiger partial charge in [0.1, 0.15) is 0 Å². The SMILES string of the molecule is Clc1nncc(C2CCOCC2)n1. The van der Waals surface area contributed by atoms with Gasteiger partial charge in [0.15, 0.2) is 0 Å². The first-order chi connectivity index (χ1) is 6.36. The summed E-state index contributed by atoms with van der Waals surface area (Å²) in [5.74, 6) is 0.432. The van der Waals surface area contributed by atoms with E-state index in [2.05, 4.69) is 15.2 Å². The molecule has 1 aromatic heterocycles. The van der Waals surface area contributed by atoms with Crippen molar-refractivity contribution in [2.45, 2.75) is 18.8 Å². The molecule has 0 bridgehead atoms. The smallest absolute Gasteiger partial charge is 0.243 e. The van der Waals surface area contributed by atoms with Gasteiger partial charge in [-0.3, -0.25) is 0 Å². The summed E-state index contributed by atoms with van der Waals surface area (Å²) in [7, 11) is 0. The molecule has 0 unspecified atom stereocenters. The molecule has 0 atom stereocenters. The Balaban J connectivity index is 2.14. The Morgan fingerprint density at radius 2 is 2.15 bits per heavy atom. The van der Waals surface area contributed by atoms with Crippen LogP contribution in [0.4, 0.5) is 0 Å². The van der Waals surface area contributed by atoms with Gasteiger partial charge in [0.2, 0.25) is 5.28 Å². The second-order valence-electron chi connectivity index (χ2n) is 3.04. The van der Waals surface area contributed by atoms with Crippen molar-refractivity contribution in [3.05, 3.63) is 17.2 Å². The minimum absolute atomic E-state index is 0.226. The summed E-state index contributed by atoms with van der Waals surface area (Å²) < 4.78 is 5.25. The molecule has 13 heavy (non-hydrogen) atoms. The third-order valence-electron chi connectivity index (χ3n) is 2.19. The van der Waals surface area contributed by atoms with Crippen LogP contribution in [0, 0.1) is 0 Å². The Labute approximate surface area is 81.3 Å². The lowest BCUT2D eigenvalue weighted by molar-refractivity contribution is 0.0844. The molecule has 0 radical (unpaired) electrons. The molecule has 0 saturated carbocycles. The first-order valence-corrected chi connectivity index (χ1v) is 4.67. The Kier molecular flexibility index (Phi) is 2.71. The van der Waals surface area contributed by atoms with Crippen LogP contribution >= 0.6 is 11.6 Å². The molecule has 1 aromatic rings. The van der Waals surface area contributed by atoms with E-state index in [0.717, 1.165) is 31.7 Å². The molecule has 1 fully saturated rings. The molecular weight excluding hydrogens is 190 g/mol. The fourth-order valence-corrected chi connectivity index (χ4v) is 1.62. The maximum atomic E-state index is 5.65. The lowest BCUT2D eigenvalue weighted by atomic mass is 9.97. The normalized spacial score (nSPS) is 18.8. The lowest BCUT2D eigenvalue weighted by Gasteiger charge is -2.20. The quantitative estimate of drug-likeness (QED) is 0.687. The molecule has 1 aliphatic heterocycles. The van der Waals surface area contributed by atoms with Gasteiger partial charge in [-0.1, -0.05) is 0 Å². The monoisotopic (exact) mass is 199 g/mol. The maximum absolute atomic E-state index is 5.65. The number of ether oxygens (including phenoxy) is 1. The number of nitrogens with zero attached hydrogens (tertiary/aromatic N) is 3. The van der Waals surface area contributed by atoms with Gasteiger partial charge in [-0.25, -0.2) is 4.98 Å². The van der Waals surface area contributed by atoms with Crippen LogP contribution in [0.1, 0.15) is 24.5 Å². The zero-order valence-corrected chi connectivity index (χ0v) is 7.87. The van der Waals surface area contributed by atoms with Crippen LogP contribution < -0.4 is 0 Å². The van der Waals surface area contributed by atoms with Crippen molar-refractivity contribution in [2.24, 2.45) is 0 Å². The second kappa shape index (κ2) is 3.98. The van der Waals surface area contributed by atoms with Crippen LogP contribution in [-0.2, 0) is 4.74 Å². The fraction of sp³-hybridized carbons (Fsp3) is 0.625. The summed E-state index contributed by atoms with van der Waals surface area (Å²) in [4.78, 5) is 4.13. The fourth-order valence-electron chi connectivity index (χ4n) is 1.48. The van der Waals surface area contributed by atoms with Crippen LogP contribution in [0.15, 0.2) is 6.20 Å². The highest BCUT2D eigenvalue weighted by Gasteiger charge is 2.17. The van der Waals surface area contributed by atoms with E-state index in [1.807, 2.05) is 0 Å². The molecule has 2 heterocycles. The van der Waals surface area contributed by atoms with Crippen LogP contribution in [0.25, 0.3) is 0 Å². The van der Waals surface area contributed by atoms with Crippen LogP contribution in [-0.4, -0.2) is 28.4 Å². The lowest BCUT2D eigenvalue weighted by Crippen LogP contribution is -2.15. The molecule has 0 spiro atoms. The van der Waals surface area contributed by atoms with Gasteiger partial charge < -0.3 is 4.74 Å². The molecular formula is C8H10ClN3O. The van der Waals surface area contributed by atoms with E-state index in [0.29, 0.717) is 5.92 Å². The number of hydrogen-bond acceptors (Lipinski definition) is 4. The number of hydrogen-bond donors (Lipinski definition) is 0. The highest BCUT2D eigenvalue weighted by Crippen LogP contribution is 2.24. The van der Waals surface area contributed by atoms with Crippen LogP contribution in [0.5, 0.6) is 0 Å². The maximum Gasteiger partial charge on any atom is 0.243 e. The van der Waals surface area contributed by atoms with Crippen molar-refractivity contribution in [1.29, 1.82) is 0 Å². The Bertz CT molecular complexity index is 288. The first-order valence-electron chi connectivity index (χ1n) is 4.29. The zero-order valence-electron chi connectivity index (χ0n) is 7.11. The first kappa shape index (κ1) is 8.84. The molecule has 70 valence electrons. The molecule has 0 amide bonds. The summed E-state index contributed by atoms with van der Waals surface area (Å²) in [6.07, 6.45) is 3.67. The summed E-state index contributed by atoms with van der Waals surface area (Å²) in [6.45, 7) is 1.60. The van der Waals surface area contributed by atoms with Gasteiger partial charge in [0, 0.05) is 19.1 Å². The Morgan fingerprint density at radius 1 is 1.38 bits per heavy atom. The largest absolute Gasteiger partial charge is 0.381 e. The van der Waals surface area contributed by atoms with Crippen molar-refractivity contribution >= 4 is 11.6 Å². The topological polar surface area (TPSA) is 47.9 Å². The zero-order chi connectivity index (χ0) is 9.10. The third-order valence-corrected chi connectivity index (χ3v) is 2.35. The summed E-state index contributed by atoms with van der Waals surface area (Å²) in [5.41, 5.74) is 0.934. The average Bonchev–Trinajstić information content (AvgIpc) is 2.19. The highest BCUT2D eigenvalue weighted by molar-refractivity contribution is 6.28. The molecule has 1 aliphatic rings. The van der Waals surface area contributed by atoms with Crippen molar-refractivity contribution < 1.29 is 4.74 Å². The third kappa shape index (κ3) is 2.14. The van der Waals surface area contributed by atoms with E-state index < -0.39 is 0 Å². The molecule has 5 heteroatoms. The highest BCUT2D eigenvalue weighted by atomic mass is 35.5. The van der Waals surface area contributed by atoms with E-state index in [1.54, 1.807) is 6.20 Å². The second-order valence-corrected chi connectivity index (χ2v) is 3.37. The average molecular weight is 200 g/mol. The molecule has 2 rings (SSSR count). The van der Waals surface area contributed by atoms with Gasteiger partial charge in [-0.2, -0.15) is 5.10 Å². The minimum atomic E-state index is 0.226. The molecule has 4 nitrogen and oxygen atoms in total. The van der Waals surface area contributed by atoms with Gasteiger partial charge in [-0.15, -0.1) is 5.10 Å². The van der Waals surface area contributed by atoms with E-state index in [1.165, 1.54) is 0 Å². The summed E-state index contributed by atoms with van der Waals surface area (Å²) >= 11 is 5.65. The van der Waals surface area contributed by atoms with Crippen molar-refractivity contribution in [2.75, 3.05) is 13.2 Å². The van der Waals surface area contributed by atoms with Crippen LogP contribution in [0.3, 0.4) is 0 Å². The molecule has 1 saturated heterocycles. The van der Waals surface area contributed by atoms with Crippen molar-refractivity contribution in [1.82, 2.24) is 15.2 Å². The predicted octanol–water partition coefficient (Wildman–Crippen LogP) is 1.42. The number of halogens is 1. The van der Waals surface area contributed by atoms with E-state index >= 15 is 0 Å². The van der Waals surface area contributed by atoms with Crippen molar-refractivity contribution in [3.63, 3.8) is 0 Å². The molecule has 0 aromatic carbocycles. The standard InChI is InChI=1S/C8H10ClN3O/c9-8-11-7(5-10-12-8)6-1-3-13-4-2-6/h5-6H,1-4H2. The Morgan fingerprint density at radius 3 is 2.85 bits per heavy atom. The van der Waals surface area contributed by atoms with E-state index in [9.17, 15) is 0 Å². The summed E-state index contributed by atoms with van der Waals surface area (Å²) in [6, 6.07) is 0. The molecule has 0 aliphatic carbocycles. The predicted molar refractivity (Wildman–Crippen MR) is 47.6 cm³/mol. The summed E-state index contributed by atoms with van der Waals surface area (Å²) in [5, 5.41) is 7.61. The number of rotatable bonds is 1. The van der Waals surface area contributed by atoms with Gasteiger partial charge >= 0.3 is 0 Å². The van der Waals surface area contributed by atoms with E-state index in [-0.39, 0.29) is 5.28 Å².